The topological polar surface area (TPSA) is 78.9 Å². The van der Waals surface area contributed by atoms with Crippen molar-refractivity contribution >= 4 is 17.7 Å². The Hall–Kier alpha value is -2.24. The fourth-order valence-electron chi connectivity index (χ4n) is 3.46. The molecule has 2 aliphatic rings. The number of rotatable bonds is 3. The summed E-state index contributed by atoms with van der Waals surface area (Å²) in [6.45, 7) is 0. The first-order valence-corrected chi connectivity index (χ1v) is 7.06. The maximum atomic E-state index is 12.4. The van der Waals surface area contributed by atoms with E-state index in [4.69, 9.17) is 4.74 Å². The Kier molecular flexibility index (Phi) is 3.45. The third-order valence-corrected chi connectivity index (χ3v) is 4.41. The number of benzene rings is 1. The normalized spacial score (nSPS) is 26.7. The Morgan fingerprint density at radius 3 is 2.86 bits per heavy atom. The minimum Gasteiger partial charge on any atom is -0.497 e. The maximum Gasteiger partial charge on any atom is 0.322 e. The number of carbonyl (C=O) groups excluding carboxylic acids is 1. The summed E-state index contributed by atoms with van der Waals surface area (Å²) in [5.41, 5.74) is 0.650. The van der Waals surface area contributed by atoms with Crippen LogP contribution in [-0.2, 0) is 4.79 Å². The summed E-state index contributed by atoms with van der Waals surface area (Å²) in [6, 6.07) is 6.76. The molecule has 2 N–H and O–H groups in total. The number of fused-ring (bicyclic) bond motifs is 2. The SMILES string of the molecule is COc1cccc(NC(=O)N2C3CCC2C(C(=O)O)C3)c1. The standard InChI is InChI=1S/C15H18N2O4/c1-21-11-4-2-3-9(7-11)16-15(20)17-10-5-6-13(17)12(8-10)14(18)19/h2-4,7,10,12-13H,5-6,8H2,1H3,(H,16,20)(H,18,19). The van der Waals surface area contributed by atoms with Crippen molar-refractivity contribution in [3.63, 3.8) is 0 Å². The first-order valence-electron chi connectivity index (χ1n) is 7.06. The second-order valence-corrected chi connectivity index (χ2v) is 5.55. The van der Waals surface area contributed by atoms with Crippen LogP contribution in [0.25, 0.3) is 0 Å². The van der Waals surface area contributed by atoms with Crippen LogP contribution in [0.15, 0.2) is 24.3 Å². The molecule has 2 amide bonds. The number of carboxylic acid groups (broad SMARTS) is 1. The van der Waals surface area contributed by atoms with E-state index in [1.165, 1.54) is 0 Å². The van der Waals surface area contributed by atoms with Gasteiger partial charge in [-0.25, -0.2) is 4.79 Å². The predicted molar refractivity (Wildman–Crippen MR) is 76.4 cm³/mol. The van der Waals surface area contributed by atoms with Gasteiger partial charge >= 0.3 is 12.0 Å². The zero-order valence-electron chi connectivity index (χ0n) is 11.8. The molecule has 2 saturated heterocycles. The molecule has 1 aromatic rings. The molecule has 2 fully saturated rings. The van der Waals surface area contributed by atoms with Gasteiger partial charge < -0.3 is 20.1 Å². The number of amides is 2. The molecular weight excluding hydrogens is 272 g/mol. The quantitative estimate of drug-likeness (QED) is 0.894. The van der Waals surface area contributed by atoms with Gasteiger partial charge in [-0.05, 0) is 31.4 Å². The summed E-state index contributed by atoms with van der Waals surface area (Å²) in [4.78, 5) is 25.4. The van der Waals surface area contributed by atoms with E-state index < -0.39 is 11.9 Å². The van der Waals surface area contributed by atoms with Crippen LogP contribution in [0.1, 0.15) is 19.3 Å². The lowest BCUT2D eigenvalue weighted by Crippen LogP contribution is -2.40. The second kappa shape index (κ2) is 5.27. The Labute approximate surface area is 122 Å². The number of aliphatic carboxylic acids is 1. The van der Waals surface area contributed by atoms with Crippen molar-refractivity contribution < 1.29 is 19.4 Å². The molecule has 3 rings (SSSR count). The van der Waals surface area contributed by atoms with Gasteiger partial charge in [0.2, 0.25) is 0 Å². The highest BCUT2D eigenvalue weighted by atomic mass is 16.5. The van der Waals surface area contributed by atoms with Crippen LogP contribution in [0.2, 0.25) is 0 Å². The molecule has 0 aliphatic carbocycles. The third kappa shape index (κ3) is 2.41. The van der Waals surface area contributed by atoms with Crippen molar-refractivity contribution in [1.29, 1.82) is 0 Å². The first kappa shape index (κ1) is 13.7. The number of hydrogen-bond donors (Lipinski definition) is 2. The van der Waals surface area contributed by atoms with E-state index in [1.54, 1.807) is 36.3 Å². The van der Waals surface area contributed by atoms with Gasteiger partial charge in [-0.3, -0.25) is 4.79 Å². The molecule has 1 aromatic carbocycles. The van der Waals surface area contributed by atoms with Crippen molar-refractivity contribution in [1.82, 2.24) is 4.90 Å². The minimum atomic E-state index is -0.804. The summed E-state index contributed by atoms with van der Waals surface area (Å²) in [6.07, 6.45) is 2.22. The average Bonchev–Trinajstić information content (AvgIpc) is 3.05. The van der Waals surface area contributed by atoms with Crippen LogP contribution in [-0.4, -0.2) is 41.2 Å². The number of nitrogens with zero attached hydrogens (tertiary/aromatic N) is 1. The van der Waals surface area contributed by atoms with E-state index in [0.29, 0.717) is 17.9 Å². The molecule has 3 unspecified atom stereocenters. The van der Waals surface area contributed by atoms with Crippen molar-refractivity contribution in [2.45, 2.75) is 31.3 Å². The fourth-order valence-corrected chi connectivity index (χ4v) is 3.46. The smallest absolute Gasteiger partial charge is 0.322 e. The molecular formula is C15H18N2O4. The largest absolute Gasteiger partial charge is 0.497 e. The van der Waals surface area contributed by atoms with Gasteiger partial charge in [-0.1, -0.05) is 6.07 Å². The molecule has 2 bridgehead atoms. The minimum absolute atomic E-state index is 0.0432. The average molecular weight is 290 g/mol. The van der Waals surface area contributed by atoms with Gasteiger partial charge in [0.1, 0.15) is 5.75 Å². The van der Waals surface area contributed by atoms with Gasteiger partial charge in [0.25, 0.3) is 0 Å². The summed E-state index contributed by atoms with van der Waals surface area (Å²) in [5.74, 6) is -0.568. The van der Waals surface area contributed by atoms with Crippen molar-refractivity contribution in [2.75, 3.05) is 12.4 Å². The van der Waals surface area contributed by atoms with Crippen LogP contribution < -0.4 is 10.1 Å². The fraction of sp³-hybridized carbons (Fsp3) is 0.467. The van der Waals surface area contributed by atoms with Gasteiger partial charge in [0.15, 0.2) is 0 Å². The highest BCUT2D eigenvalue weighted by Crippen LogP contribution is 2.42. The number of carbonyl (C=O) groups is 2. The van der Waals surface area contributed by atoms with Crippen molar-refractivity contribution in [3.05, 3.63) is 24.3 Å². The summed E-state index contributed by atoms with van der Waals surface area (Å²) >= 11 is 0. The Bertz CT molecular complexity index is 575. The molecule has 0 saturated carbocycles. The molecule has 2 aliphatic heterocycles. The molecule has 0 radical (unpaired) electrons. The monoisotopic (exact) mass is 290 g/mol. The van der Waals surface area contributed by atoms with Gasteiger partial charge in [-0.15, -0.1) is 0 Å². The van der Waals surface area contributed by atoms with E-state index in [2.05, 4.69) is 5.32 Å². The van der Waals surface area contributed by atoms with Crippen LogP contribution in [0.5, 0.6) is 5.75 Å². The molecule has 6 nitrogen and oxygen atoms in total. The molecule has 2 heterocycles. The highest BCUT2D eigenvalue weighted by Gasteiger charge is 2.51. The lowest BCUT2D eigenvalue weighted by molar-refractivity contribution is -0.142. The maximum absolute atomic E-state index is 12.4. The van der Waals surface area contributed by atoms with E-state index in [9.17, 15) is 14.7 Å². The van der Waals surface area contributed by atoms with Gasteiger partial charge in [-0.2, -0.15) is 0 Å². The second-order valence-electron chi connectivity index (χ2n) is 5.55. The summed E-state index contributed by atoms with van der Waals surface area (Å²) in [5, 5.41) is 12.1. The number of ether oxygens (including phenoxy) is 1. The molecule has 112 valence electrons. The number of carboxylic acids is 1. The molecule has 0 aromatic heterocycles. The van der Waals surface area contributed by atoms with Crippen molar-refractivity contribution in [3.8, 4) is 5.75 Å². The zero-order valence-corrected chi connectivity index (χ0v) is 11.8. The van der Waals surface area contributed by atoms with Crippen LogP contribution in [0.3, 0.4) is 0 Å². The van der Waals surface area contributed by atoms with E-state index >= 15 is 0 Å². The lowest BCUT2D eigenvalue weighted by Gasteiger charge is -2.23. The van der Waals surface area contributed by atoms with Crippen LogP contribution >= 0.6 is 0 Å². The highest BCUT2D eigenvalue weighted by molar-refractivity contribution is 5.91. The molecule has 6 heteroatoms. The number of nitrogens with one attached hydrogen (secondary N) is 1. The van der Waals surface area contributed by atoms with E-state index in [-0.39, 0.29) is 18.1 Å². The van der Waals surface area contributed by atoms with Crippen molar-refractivity contribution in [2.24, 2.45) is 5.92 Å². The van der Waals surface area contributed by atoms with Gasteiger partial charge in [0, 0.05) is 23.8 Å². The van der Waals surface area contributed by atoms with Gasteiger partial charge in [0.05, 0.1) is 13.0 Å². The first-order chi connectivity index (χ1) is 10.1. The van der Waals surface area contributed by atoms with E-state index in [1.807, 2.05) is 0 Å². The molecule has 21 heavy (non-hydrogen) atoms. The van der Waals surface area contributed by atoms with Crippen LogP contribution in [0.4, 0.5) is 10.5 Å². The number of hydrogen-bond acceptors (Lipinski definition) is 3. The number of urea groups is 1. The zero-order chi connectivity index (χ0) is 15.0. The Balaban J connectivity index is 1.73. The molecule has 0 spiro atoms. The number of methoxy groups -OCH3 is 1. The summed E-state index contributed by atoms with van der Waals surface area (Å²) in [7, 11) is 1.57. The predicted octanol–water partition coefficient (Wildman–Crippen LogP) is 2.16. The molecule has 3 atom stereocenters. The Morgan fingerprint density at radius 1 is 1.38 bits per heavy atom. The summed E-state index contributed by atoms with van der Waals surface area (Å²) < 4.78 is 5.12. The lowest BCUT2D eigenvalue weighted by atomic mass is 9.89. The number of anilines is 1. The Morgan fingerprint density at radius 2 is 2.19 bits per heavy atom. The third-order valence-electron chi connectivity index (χ3n) is 4.41. The van der Waals surface area contributed by atoms with E-state index in [0.717, 1.165) is 12.8 Å². The van der Waals surface area contributed by atoms with Crippen LogP contribution in [0, 0.1) is 5.92 Å².